The van der Waals surface area contributed by atoms with E-state index >= 15 is 0 Å². The number of carbonyl (C=O) groups is 1. The summed E-state index contributed by atoms with van der Waals surface area (Å²) < 4.78 is 5.52. The molecule has 0 saturated carbocycles. The molecule has 0 atom stereocenters. The monoisotopic (exact) mass is 307 g/mol. The lowest BCUT2D eigenvalue weighted by Crippen LogP contribution is -2.10. The van der Waals surface area contributed by atoms with Gasteiger partial charge in [0.25, 0.3) is 0 Å². The van der Waals surface area contributed by atoms with Crippen molar-refractivity contribution in [1.29, 1.82) is 0 Å². The summed E-state index contributed by atoms with van der Waals surface area (Å²) in [5.74, 6) is -0.544. The summed E-state index contributed by atoms with van der Waals surface area (Å²) in [7, 11) is 1.27. The van der Waals surface area contributed by atoms with E-state index in [1.54, 1.807) is 0 Å². The Morgan fingerprint density at radius 1 is 1.44 bits per heavy atom. The third-order valence-corrected chi connectivity index (χ3v) is 2.79. The van der Waals surface area contributed by atoms with E-state index in [1.165, 1.54) is 13.3 Å². The first-order valence-corrected chi connectivity index (χ1v) is 5.88. The highest BCUT2D eigenvalue weighted by Crippen LogP contribution is 2.22. The Balaban J connectivity index is 2.50. The quantitative estimate of drug-likeness (QED) is 0.861. The van der Waals surface area contributed by atoms with Crippen molar-refractivity contribution < 1.29 is 9.53 Å². The summed E-state index contributed by atoms with van der Waals surface area (Å²) in [6.45, 7) is 0. The molecule has 1 aromatic carbocycles. The van der Waals surface area contributed by atoms with Gasteiger partial charge in [-0.05, 0) is 12.1 Å². The molecule has 2 rings (SSSR count). The van der Waals surface area contributed by atoms with Crippen LogP contribution in [0.5, 0.6) is 0 Å². The lowest BCUT2D eigenvalue weighted by atomic mass is 10.1. The molecule has 2 N–H and O–H groups in total. The highest BCUT2D eigenvalue weighted by atomic mass is 79.9. The van der Waals surface area contributed by atoms with Gasteiger partial charge in [0.15, 0.2) is 11.5 Å². The van der Waals surface area contributed by atoms with Gasteiger partial charge in [0.2, 0.25) is 0 Å². The summed E-state index contributed by atoms with van der Waals surface area (Å²) >= 11 is 3.37. The summed E-state index contributed by atoms with van der Waals surface area (Å²) in [6, 6.07) is 7.51. The Hall–Kier alpha value is -1.95. The zero-order valence-electron chi connectivity index (χ0n) is 9.55. The largest absolute Gasteiger partial charge is 0.464 e. The lowest BCUT2D eigenvalue weighted by Gasteiger charge is -2.05. The fourth-order valence-corrected chi connectivity index (χ4v) is 1.83. The van der Waals surface area contributed by atoms with Crippen LogP contribution in [0, 0.1) is 0 Å². The third kappa shape index (κ3) is 2.48. The van der Waals surface area contributed by atoms with Crippen molar-refractivity contribution in [1.82, 2.24) is 9.97 Å². The number of ether oxygens (including phenoxy) is 1. The predicted octanol–water partition coefficient (Wildman–Crippen LogP) is 2.27. The fourth-order valence-electron chi connectivity index (χ4n) is 1.43. The standard InChI is InChI=1S/C12H10BrN3O2/c1-18-12(17)10-11(14)15-6-9(16-10)7-3-2-4-8(13)5-7/h2-6H,1H3,(H2,14,15). The molecule has 1 heterocycles. The van der Waals surface area contributed by atoms with Gasteiger partial charge < -0.3 is 10.5 Å². The van der Waals surface area contributed by atoms with Crippen LogP contribution in [-0.4, -0.2) is 23.0 Å². The van der Waals surface area contributed by atoms with Crippen LogP contribution in [0.3, 0.4) is 0 Å². The minimum absolute atomic E-state index is 0.0231. The molecule has 0 radical (unpaired) electrons. The van der Waals surface area contributed by atoms with Crippen molar-refractivity contribution in [3.8, 4) is 11.3 Å². The van der Waals surface area contributed by atoms with Gasteiger partial charge >= 0.3 is 5.97 Å². The maximum absolute atomic E-state index is 11.5. The average Bonchev–Trinajstić information content (AvgIpc) is 2.38. The van der Waals surface area contributed by atoms with Gasteiger partial charge in [-0.25, -0.2) is 14.8 Å². The second kappa shape index (κ2) is 5.14. The molecule has 92 valence electrons. The number of nitrogen functional groups attached to an aromatic ring is 1. The van der Waals surface area contributed by atoms with Crippen LogP contribution in [0.1, 0.15) is 10.5 Å². The molecule has 0 unspecified atom stereocenters. The number of halogens is 1. The molecule has 2 aromatic rings. The van der Waals surface area contributed by atoms with Crippen LogP contribution in [0.25, 0.3) is 11.3 Å². The smallest absolute Gasteiger partial charge is 0.360 e. The van der Waals surface area contributed by atoms with Gasteiger partial charge in [-0.3, -0.25) is 0 Å². The third-order valence-electron chi connectivity index (χ3n) is 2.30. The molecular formula is C12H10BrN3O2. The van der Waals surface area contributed by atoms with Crippen LogP contribution in [0.2, 0.25) is 0 Å². The number of esters is 1. The fraction of sp³-hybridized carbons (Fsp3) is 0.0833. The molecule has 0 amide bonds. The number of hydrogen-bond acceptors (Lipinski definition) is 5. The Morgan fingerprint density at radius 3 is 2.89 bits per heavy atom. The minimum Gasteiger partial charge on any atom is -0.464 e. The molecule has 18 heavy (non-hydrogen) atoms. The van der Waals surface area contributed by atoms with Crippen molar-refractivity contribution in [2.75, 3.05) is 12.8 Å². The van der Waals surface area contributed by atoms with Crippen molar-refractivity contribution in [3.05, 3.63) is 40.6 Å². The predicted molar refractivity (Wildman–Crippen MR) is 70.9 cm³/mol. The van der Waals surface area contributed by atoms with Crippen molar-refractivity contribution >= 4 is 27.7 Å². The molecule has 0 aliphatic carbocycles. The van der Waals surface area contributed by atoms with E-state index < -0.39 is 5.97 Å². The number of aromatic nitrogens is 2. The first-order chi connectivity index (χ1) is 8.61. The Labute approximate surface area is 112 Å². The number of benzene rings is 1. The Bertz CT molecular complexity index is 602. The lowest BCUT2D eigenvalue weighted by molar-refractivity contribution is 0.0595. The van der Waals surface area contributed by atoms with Gasteiger partial charge in [0.05, 0.1) is 19.0 Å². The van der Waals surface area contributed by atoms with Crippen molar-refractivity contribution in [2.45, 2.75) is 0 Å². The van der Waals surface area contributed by atoms with E-state index in [0.717, 1.165) is 10.0 Å². The van der Waals surface area contributed by atoms with Crippen LogP contribution in [-0.2, 0) is 4.74 Å². The summed E-state index contributed by atoms with van der Waals surface area (Å²) in [6.07, 6.45) is 1.52. The highest BCUT2D eigenvalue weighted by Gasteiger charge is 2.14. The van der Waals surface area contributed by atoms with E-state index in [-0.39, 0.29) is 11.5 Å². The van der Waals surface area contributed by atoms with Gasteiger partial charge in [0.1, 0.15) is 0 Å². The van der Waals surface area contributed by atoms with E-state index in [0.29, 0.717) is 5.69 Å². The maximum Gasteiger partial charge on any atom is 0.360 e. The number of carbonyl (C=O) groups excluding carboxylic acids is 1. The topological polar surface area (TPSA) is 78.1 Å². The van der Waals surface area contributed by atoms with Gasteiger partial charge in [-0.2, -0.15) is 0 Å². The molecule has 0 fully saturated rings. The summed E-state index contributed by atoms with van der Waals surface area (Å²) in [5.41, 5.74) is 7.01. The van der Waals surface area contributed by atoms with Crippen LogP contribution in [0.15, 0.2) is 34.9 Å². The molecule has 6 heteroatoms. The first kappa shape index (κ1) is 12.5. The van der Waals surface area contributed by atoms with Crippen LogP contribution in [0.4, 0.5) is 5.82 Å². The highest BCUT2D eigenvalue weighted by molar-refractivity contribution is 9.10. The zero-order chi connectivity index (χ0) is 13.1. The van der Waals surface area contributed by atoms with Crippen molar-refractivity contribution in [3.63, 3.8) is 0 Å². The second-order valence-corrected chi connectivity index (χ2v) is 4.41. The number of nitrogens with two attached hydrogens (primary N) is 1. The molecule has 0 saturated heterocycles. The van der Waals surface area contributed by atoms with E-state index in [2.05, 4.69) is 30.6 Å². The zero-order valence-corrected chi connectivity index (χ0v) is 11.1. The van der Waals surface area contributed by atoms with Gasteiger partial charge in [-0.15, -0.1) is 0 Å². The minimum atomic E-state index is -0.600. The number of anilines is 1. The summed E-state index contributed by atoms with van der Waals surface area (Å²) in [5, 5.41) is 0. The number of nitrogens with zero attached hydrogens (tertiary/aromatic N) is 2. The summed E-state index contributed by atoms with van der Waals surface area (Å²) in [4.78, 5) is 19.6. The normalized spacial score (nSPS) is 10.1. The van der Waals surface area contributed by atoms with Gasteiger partial charge in [0, 0.05) is 10.0 Å². The van der Waals surface area contributed by atoms with E-state index in [9.17, 15) is 4.79 Å². The van der Waals surface area contributed by atoms with Crippen LogP contribution < -0.4 is 5.73 Å². The molecule has 0 aliphatic rings. The molecule has 0 bridgehead atoms. The average molecular weight is 308 g/mol. The number of methoxy groups -OCH3 is 1. The molecule has 0 aliphatic heterocycles. The van der Waals surface area contributed by atoms with E-state index in [1.807, 2.05) is 24.3 Å². The van der Waals surface area contributed by atoms with E-state index in [4.69, 9.17) is 5.73 Å². The Morgan fingerprint density at radius 2 is 2.22 bits per heavy atom. The molecule has 1 aromatic heterocycles. The molecular weight excluding hydrogens is 298 g/mol. The van der Waals surface area contributed by atoms with Crippen molar-refractivity contribution in [2.24, 2.45) is 0 Å². The number of rotatable bonds is 2. The number of hydrogen-bond donors (Lipinski definition) is 1. The van der Waals surface area contributed by atoms with Crippen LogP contribution >= 0.6 is 15.9 Å². The molecule has 5 nitrogen and oxygen atoms in total. The maximum atomic E-state index is 11.5. The SMILES string of the molecule is COC(=O)c1nc(-c2cccc(Br)c2)cnc1N. The Kier molecular flexibility index (Phi) is 3.57. The first-order valence-electron chi connectivity index (χ1n) is 5.08. The molecule has 0 spiro atoms. The second-order valence-electron chi connectivity index (χ2n) is 3.49. The van der Waals surface area contributed by atoms with Gasteiger partial charge in [-0.1, -0.05) is 28.1 Å².